The van der Waals surface area contributed by atoms with Crippen LogP contribution in [0.15, 0.2) is 70.9 Å². The molecule has 0 spiro atoms. The van der Waals surface area contributed by atoms with Crippen molar-refractivity contribution in [1.29, 1.82) is 0 Å². The van der Waals surface area contributed by atoms with Gasteiger partial charge in [0.1, 0.15) is 11.6 Å². The number of hydrogen-bond donors (Lipinski definition) is 1. The molecule has 39 heavy (non-hydrogen) atoms. The summed E-state index contributed by atoms with van der Waals surface area (Å²) >= 11 is 1.16. The number of para-hydroxylation sites is 1. The number of aryl methyl sites for hydroxylation is 1. The molecule has 0 bridgehead atoms. The molecular weight excluding hydrogens is 522 g/mol. The highest BCUT2D eigenvalue weighted by atomic mass is 32.1. The van der Waals surface area contributed by atoms with Crippen LogP contribution in [0.5, 0.6) is 17.2 Å². The molecule has 11 heteroatoms. The second-order valence-corrected chi connectivity index (χ2v) is 9.66. The summed E-state index contributed by atoms with van der Waals surface area (Å²) in [4.78, 5) is 28.6. The summed E-state index contributed by atoms with van der Waals surface area (Å²) in [6, 6.07) is 10.8. The van der Waals surface area contributed by atoms with E-state index in [-0.39, 0.29) is 23.1 Å². The molecule has 1 atom stereocenters. The third kappa shape index (κ3) is 4.61. The first kappa shape index (κ1) is 26.0. The number of amides is 1. The number of aromatic nitrogens is 2. The summed E-state index contributed by atoms with van der Waals surface area (Å²) in [6.45, 7) is 7.86. The molecule has 1 amide bonds. The normalized spacial score (nSPS) is 15.2. The van der Waals surface area contributed by atoms with E-state index in [2.05, 4.69) is 16.8 Å². The summed E-state index contributed by atoms with van der Waals surface area (Å²) < 4.78 is 22.7. The number of methoxy groups -OCH3 is 1. The Morgan fingerprint density at radius 3 is 2.69 bits per heavy atom. The van der Waals surface area contributed by atoms with Crippen molar-refractivity contribution in [2.45, 2.75) is 19.9 Å². The molecule has 1 N–H and O–H groups in total. The topological polar surface area (TPSA) is 124 Å². The van der Waals surface area contributed by atoms with Crippen LogP contribution >= 0.6 is 11.3 Å². The Kier molecular flexibility index (Phi) is 7.07. The second-order valence-electron chi connectivity index (χ2n) is 8.50. The molecule has 4 aromatic rings. The van der Waals surface area contributed by atoms with E-state index in [0.29, 0.717) is 45.4 Å². The Balaban J connectivity index is 1.65. The van der Waals surface area contributed by atoms with Gasteiger partial charge in [-0.1, -0.05) is 42.2 Å². The molecule has 0 fully saturated rings. The van der Waals surface area contributed by atoms with Gasteiger partial charge in [0, 0.05) is 5.39 Å². The number of ketones is 1. The minimum atomic E-state index is -1.04. The van der Waals surface area contributed by atoms with Crippen LogP contribution in [0, 0.1) is 6.92 Å². The average molecular weight is 548 g/mol. The van der Waals surface area contributed by atoms with Crippen LogP contribution in [-0.4, -0.2) is 47.3 Å². The maximum Gasteiger partial charge on any atom is 0.296 e. The van der Waals surface area contributed by atoms with Gasteiger partial charge in [-0.2, -0.15) is 0 Å². The van der Waals surface area contributed by atoms with E-state index in [1.807, 2.05) is 6.92 Å². The van der Waals surface area contributed by atoms with Crippen molar-refractivity contribution in [3.05, 3.63) is 82.8 Å². The molecule has 2 aromatic carbocycles. The lowest BCUT2D eigenvalue weighted by molar-refractivity contribution is -0.117. The van der Waals surface area contributed by atoms with Crippen LogP contribution in [0.2, 0.25) is 0 Å². The predicted octanol–water partition coefficient (Wildman–Crippen LogP) is 5.35. The average Bonchev–Trinajstić information content (AvgIpc) is 3.63. The van der Waals surface area contributed by atoms with Crippen molar-refractivity contribution in [2.75, 3.05) is 25.2 Å². The fraction of sp³-hybridized carbons (Fsp3) is 0.214. The fourth-order valence-electron chi connectivity index (χ4n) is 4.41. The first-order valence-electron chi connectivity index (χ1n) is 12.1. The van der Waals surface area contributed by atoms with Crippen molar-refractivity contribution < 1.29 is 33.3 Å². The quantitative estimate of drug-likeness (QED) is 0.207. The Morgan fingerprint density at radius 1 is 1.18 bits per heavy atom. The van der Waals surface area contributed by atoms with Gasteiger partial charge in [0.25, 0.3) is 5.91 Å². The van der Waals surface area contributed by atoms with Gasteiger partial charge in [-0.25, -0.2) is 0 Å². The number of fused-ring (bicyclic) bond motifs is 1. The molecule has 1 unspecified atom stereocenters. The number of aliphatic hydroxyl groups excluding tert-OH is 1. The highest BCUT2D eigenvalue weighted by molar-refractivity contribution is 7.15. The lowest BCUT2D eigenvalue weighted by Crippen LogP contribution is -2.31. The molecule has 5 rings (SSSR count). The number of aliphatic hydroxyl groups is 1. The number of benzene rings is 2. The van der Waals surface area contributed by atoms with E-state index in [1.54, 1.807) is 55.5 Å². The standard InChI is InChI=1S/C28H25N3O7S/c1-5-12-37-18-11-10-16(13-20(18)36-6-2)23-22(25(33)27(34)31(23)28-30-29-15(3)39-28)24(32)21-14-17-8-7-9-19(35-4)26(17)38-21/h5,7-11,13-14,23,33H,1,6,12H2,2-4H3. The molecule has 1 aliphatic heterocycles. The third-order valence-corrected chi connectivity index (χ3v) is 6.90. The van der Waals surface area contributed by atoms with Gasteiger partial charge in [0.15, 0.2) is 34.4 Å². The molecule has 1 aliphatic rings. The molecule has 0 saturated carbocycles. The van der Waals surface area contributed by atoms with Crippen molar-refractivity contribution in [3.63, 3.8) is 0 Å². The third-order valence-electron chi connectivity index (χ3n) is 6.07. The molecular formula is C28H25N3O7S. The molecule has 0 saturated heterocycles. The van der Waals surface area contributed by atoms with Crippen LogP contribution in [-0.2, 0) is 4.79 Å². The first-order chi connectivity index (χ1) is 18.9. The summed E-state index contributed by atoms with van der Waals surface area (Å²) in [6.07, 6.45) is 1.61. The number of hydrogen-bond acceptors (Lipinski definition) is 10. The number of Topliss-reactive ketones (excluding diaryl/α,β-unsaturated/α-hetero) is 1. The maximum absolute atomic E-state index is 13.9. The Morgan fingerprint density at radius 2 is 2.00 bits per heavy atom. The van der Waals surface area contributed by atoms with Crippen molar-refractivity contribution in [1.82, 2.24) is 10.2 Å². The van der Waals surface area contributed by atoms with E-state index in [4.69, 9.17) is 18.6 Å². The zero-order valence-electron chi connectivity index (χ0n) is 21.5. The second kappa shape index (κ2) is 10.6. The van der Waals surface area contributed by atoms with Crippen LogP contribution in [0.25, 0.3) is 11.0 Å². The summed E-state index contributed by atoms with van der Waals surface area (Å²) in [7, 11) is 1.50. The van der Waals surface area contributed by atoms with Crippen molar-refractivity contribution in [3.8, 4) is 17.2 Å². The lowest BCUT2D eigenvalue weighted by Gasteiger charge is -2.24. The predicted molar refractivity (Wildman–Crippen MR) is 145 cm³/mol. The number of carbonyl (C=O) groups excluding carboxylic acids is 2. The number of furan rings is 1. The van der Waals surface area contributed by atoms with Gasteiger partial charge in [0.2, 0.25) is 10.9 Å². The lowest BCUT2D eigenvalue weighted by atomic mass is 9.95. The first-order valence-corrected chi connectivity index (χ1v) is 12.9. The van der Waals surface area contributed by atoms with E-state index >= 15 is 0 Å². The molecule has 2 aromatic heterocycles. The molecule has 200 valence electrons. The number of anilines is 1. The van der Waals surface area contributed by atoms with E-state index < -0.39 is 23.5 Å². The van der Waals surface area contributed by atoms with Crippen LogP contribution < -0.4 is 19.1 Å². The Hall–Kier alpha value is -4.64. The molecule has 10 nitrogen and oxygen atoms in total. The van der Waals surface area contributed by atoms with Crippen molar-refractivity contribution >= 4 is 39.1 Å². The zero-order chi connectivity index (χ0) is 27.7. The fourth-order valence-corrected chi connectivity index (χ4v) is 5.12. The van der Waals surface area contributed by atoms with Gasteiger partial charge < -0.3 is 23.7 Å². The highest BCUT2D eigenvalue weighted by Gasteiger charge is 2.47. The SMILES string of the molecule is C=CCOc1ccc(C2C(C(=O)c3cc4cccc(OC)c4o3)=C(O)C(=O)N2c2nnc(C)s2)cc1OCC. The van der Waals surface area contributed by atoms with Crippen LogP contribution in [0.1, 0.15) is 34.1 Å². The molecule has 0 radical (unpaired) electrons. The van der Waals surface area contributed by atoms with E-state index in [0.717, 1.165) is 11.3 Å². The molecule has 3 heterocycles. The van der Waals surface area contributed by atoms with Gasteiger partial charge in [-0.3, -0.25) is 14.5 Å². The minimum Gasteiger partial charge on any atom is -0.503 e. The summed E-state index contributed by atoms with van der Waals surface area (Å²) in [5.74, 6) is -0.865. The van der Waals surface area contributed by atoms with Crippen LogP contribution in [0.3, 0.4) is 0 Å². The number of carbonyl (C=O) groups is 2. The largest absolute Gasteiger partial charge is 0.503 e. The van der Waals surface area contributed by atoms with Crippen molar-refractivity contribution in [2.24, 2.45) is 0 Å². The van der Waals surface area contributed by atoms with Gasteiger partial charge in [0.05, 0.1) is 25.3 Å². The summed E-state index contributed by atoms with van der Waals surface area (Å²) in [5, 5.41) is 20.7. The van der Waals surface area contributed by atoms with Gasteiger partial charge >= 0.3 is 0 Å². The van der Waals surface area contributed by atoms with E-state index in [1.165, 1.54) is 12.0 Å². The summed E-state index contributed by atoms with van der Waals surface area (Å²) in [5.41, 5.74) is 0.711. The monoisotopic (exact) mass is 547 g/mol. The van der Waals surface area contributed by atoms with Gasteiger partial charge in [-0.15, -0.1) is 10.2 Å². The maximum atomic E-state index is 13.9. The molecule has 0 aliphatic carbocycles. The number of ether oxygens (including phenoxy) is 3. The highest BCUT2D eigenvalue weighted by Crippen LogP contribution is 2.45. The van der Waals surface area contributed by atoms with E-state index in [9.17, 15) is 14.7 Å². The number of rotatable bonds is 10. The van der Waals surface area contributed by atoms with Crippen LogP contribution in [0.4, 0.5) is 5.13 Å². The number of nitrogens with zero attached hydrogens (tertiary/aromatic N) is 3. The Bertz CT molecular complexity index is 1620. The minimum absolute atomic E-state index is 0.0555. The smallest absolute Gasteiger partial charge is 0.296 e. The van der Waals surface area contributed by atoms with Gasteiger partial charge in [-0.05, 0) is 43.7 Å². The Labute approximate surface area is 227 Å². The zero-order valence-corrected chi connectivity index (χ0v) is 22.3.